The molecular formula is C22H23F2N5O3. The highest BCUT2D eigenvalue weighted by Crippen LogP contribution is 2.38. The molecule has 4 rings (SSSR count). The van der Waals surface area contributed by atoms with Crippen molar-refractivity contribution in [1.82, 2.24) is 20.4 Å². The number of benzene rings is 2. The molecule has 3 aromatic rings. The van der Waals surface area contributed by atoms with Crippen molar-refractivity contribution in [2.24, 2.45) is 4.99 Å². The van der Waals surface area contributed by atoms with Crippen LogP contribution in [-0.4, -0.2) is 36.2 Å². The highest BCUT2D eigenvalue weighted by atomic mass is 19.3. The molecule has 0 amide bonds. The maximum Gasteiger partial charge on any atom is 0.387 e. The first-order chi connectivity index (χ1) is 15.6. The average Bonchev–Trinajstić information content (AvgIpc) is 3.46. The van der Waals surface area contributed by atoms with Gasteiger partial charge in [0.15, 0.2) is 17.5 Å². The second-order valence-corrected chi connectivity index (χ2v) is 6.94. The van der Waals surface area contributed by atoms with E-state index in [9.17, 15) is 8.78 Å². The summed E-state index contributed by atoms with van der Waals surface area (Å²) in [5.41, 5.74) is 2.72. The number of ether oxygens (including phenoxy) is 3. The highest BCUT2D eigenvalue weighted by molar-refractivity contribution is 5.79. The highest BCUT2D eigenvalue weighted by Gasteiger charge is 2.20. The number of halogens is 2. The van der Waals surface area contributed by atoms with E-state index in [0.717, 1.165) is 11.1 Å². The molecule has 10 heteroatoms. The van der Waals surface area contributed by atoms with Gasteiger partial charge in [-0.3, -0.25) is 9.67 Å². The molecule has 0 fully saturated rings. The number of guanidine groups is 1. The summed E-state index contributed by atoms with van der Waals surface area (Å²) in [6.07, 6.45) is 3.66. The van der Waals surface area contributed by atoms with Gasteiger partial charge < -0.3 is 24.8 Å². The van der Waals surface area contributed by atoms with E-state index in [1.165, 1.54) is 6.07 Å². The summed E-state index contributed by atoms with van der Waals surface area (Å²) in [6, 6.07) is 13.0. The molecule has 32 heavy (non-hydrogen) atoms. The van der Waals surface area contributed by atoms with E-state index in [4.69, 9.17) is 9.47 Å². The van der Waals surface area contributed by atoms with Crippen molar-refractivity contribution in [2.75, 3.05) is 13.8 Å². The Morgan fingerprint density at radius 2 is 1.81 bits per heavy atom. The van der Waals surface area contributed by atoms with Gasteiger partial charge in [0, 0.05) is 44.2 Å². The average molecular weight is 443 g/mol. The van der Waals surface area contributed by atoms with Crippen LogP contribution in [0.15, 0.2) is 59.9 Å². The number of fused-ring (bicyclic) bond motifs is 1. The second kappa shape index (κ2) is 9.99. The third-order valence-corrected chi connectivity index (χ3v) is 4.90. The van der Waals surface area contributed by atoms with Crippen LogP contribution in [0.2, 0.25) is 0 Å². The minimum atomic E-state index is -2.95. The van der Waals surface area contributed by atoms with Gasteiger partial charge in [0.2, 0.25) is 6.79 Å². The van der Waals surface area contributed by atoms with Crippen LogP contribution < -0.4 is 24.8 Å². The first kappa shape index (κ1) is 21.4. The number of alkyl halides is 2. The number of aliphatic imine (C=N–C) groups is 1. The Hall–Kier alpha value is -3.82. The lowest BCUT2D eigenvalue weighted by Crippen LogP contribution is -2.36. The predicted octanol–water partition coefficient (Wildman–Crippen LogP) is 3.13. The van der Waals surface area contributed by atoms with E-state index >= 15 is 0 Å². The second-order valence-electron chi connectivity index (χ2n) is 6.94. The van der Waals surface area contributed by atoms with E-state index in [2.05, 4.69) is 31.5 Å². The number of rotatable bonds is 8. The monoisotopic (exact) mass is 443 g/mol. The van der Waals surface area contributed by atoms with Crippen molar-refractivity contribution in [3.05, 3.63) is 71.5 Å². The van der Waals surface area contributed by atoms with Crippen molar-refractivity contribution >= 4 is 5.96 Å². The van der Waals surface area contributed by atoms with Crippen LogP contribution >= 0.6 is 0 Å². The minimum Gasteiger partial charge on any atom is -0.454 e. The Bertz CT molecular complexity index is 1070. The Kier molecular flexibility index (Phi) is 6.69. The molecule has 0 bridgehead atoms. The molecule has 1 aromatic heterocycles. The molecule has 2 heterocycles. The largest absolute Gasteiger partial charge is 0.454 e. The van der Waals surface area contributed by atoms with Crippen molar-refractivity contribution in [2.45, 2.75) is 26.2 Å². The van der Waals surface area contributed by atoms with E-state index < -0.39 is 6.61 Å². The van der Waals surface area contributed by atoms with Crippen LogP contribution in [-0.2, 0) is 19.6 Å². The van der Waals surface area contributed by atoms with Gasteiger partial charge in [0.05, 0.1) is 6.54 Å². The van der Waals surface area contributed by atoms with E-state index in [-0.39, 0.29) is 19.1 Å². The lowest BCUT2D eigenvalue weighted by atomic mass is 10.1. The van der Waals surface area contributed by atoms with Crippen molar-refractivity contribution in [3.63, 3.8) is 0 Å². The van der Waals surface area contributed by atoms with E-state index in [0.29, 0.717) is 36.1 Å². The van der Waals surface area contributed by atoms with Gasteiger partial charge in [-0.2, -0.15) is 13.9 Å². The summed E-state index contributed by atoms with van der Waals surface area (Å²) in [4.78, 5) is 4.22. The summed E-state index contributed by atoms with van der Waals surface area (Å²) in [7, 11) is 1.64. The van der Waals surface area contributed by atoms with Crippen molar-refractivity contribution < 1.29 is 23.0 Å². The number of hydrogen-bond donors (Lipinski definition) is 2. The Labute approximate surface area is 183 Å². The van der Waals surface area contributed by atoms with Crippen molar-refractivity contribution in [3.8, 4) is 17.2 Å². The van der Waals surface area contributed by atoms with Gasteiger partial charge in [-0.1, -0.05) is 24.3 Å². The summed E-state index contributed by atoms with van der Waals surface area (Å²) < 4.78 is 42.8. The molecule has 8 nitrogen and oxygen atoms in total. The molecule has 0 saturated carbocycles. The number of nitrogens with zero attached hydrogens (tertiary/aromatic N) is 3. The lowest BCUT2D eigenvalue weighted by Gasteiger charge is -2.16. The molecule has 1 aliphatic heterocycles. The van der Waals surface area contributed by atoms with Gasteiger partial charge >= 0.3 is 6.61 Å². The van der Waals surface area contributed by atoms with Crippen LogP contribution in [0.5, 0.6) is 17.2 Å². The van der Waals surface area contributed by atoms with Crippen LogP contribution in [0.25, 0.3) is 0 Å². The van der Waals surface area contributed by atoms with Crippen LogP contribution in [0.4, 0.5) is 8.78 Å². The first-order valence-electron chi connectivity index (χ1n) is 9.98. The number of aromatic nitrogens is 2. The standard InChI is InChI=1S/C22H23F2N5O3/c1-25-22(26-11-15-5-2-3-6-16(15)13-29-8-4-7-28-29)27-12-17-9-19-20(31-14-30-19)10-18(17)32-21(23)24/h2-10,21H,11-14H2,1H3,(H2,25,26,27). The Balaban J connectivity index is 1.40. The molecule has 168 valence electrons. The first-order valence-corrected chi connectivity index (χ1v) is 9.98. The molecule has 0 atom stereocenters. The number of nitrogens with one attached hydrogen (secondary N) is 2. The summed E-state index contributed by atoms with van der Waals surface area (Å²) in [5.74, 6) is 1.40. The van der Waals surface area contributed by atoms with Crippen molar-refractivity contribution in [1.29, 1.82) is 0 Å². The zero-order chi connectivity index (χ0) is 22.3. The Morgan fingerprint density at radius 1 is 1.09 bits per heavy atom. The van der Waals surface area contributed by atoms with E-state index in [1.807, 2.05) is 35.1 Å². The zero-order valence-corrected chi connectivity index (χ0v) is 17.4. The molecular weight excluding hydrogens is 420 g/mol. The molecule has 1 aliphatic rings. The van der Waals surface area contributed by atoms with Gasteiger partial charge in [-0.15, -0.1) is 0 Å². The summed E-state index contributed by atoms with van der Waals surface area (Å²) in [5, 5.41) is 10.6. The van der Waals surface area contributed by atoms with E-state index in [1.54, 1.807) is 19.3 Å². The molecule has 0 radical (unpaired) electrons. The summed E-state index contributed by atoms with van der Waals surface area (Å²) in [6.45, 7) is -1.52. The van der Waals surface area contributed by atoms with Crippen LogP contribution in [0, 0.1) is 0 Å². The van der Waals surface area contributed by atoms with Crippen LogP contribution in [0.3, 0.4) is 0 Å². The third-order valence-electron chi connectivity index (χ3n) is 4.90. The van der Waals surface area contributed by atoms with Gasteiger partial charge in [-0.05, 0) is 23.3 Å². The fourth-order valence-corrected chi connectivity index (χ4v) is 3.34. The van der Waals surface area contributed by atoms with Gasteiger partial charge in [0.25, 0.3) is 0 Å². The van der Waals surface area contributed by atoms with Gasteiger partial charge in [-0.25, -0.2) is 0 Å². The normalized spacial score (nSPS) is 12.8. The molecule has 2 aromatic carbocycles. The molecule has 2 N–H and O–H groups in total. The fourth-order valence-electron chi connectivity index (χ4n) is 3.34. The topological polar surface area (TPSA) is 81.9 Å². The molecule has 0 saturated heterocycles. The van der Waals surface area contributed by atoms with Gasteiger partial charge in [0.1, 0.15) is 5.75 Å². The zero-order valence-electron chi connectivity index (χ0n) is 17.4. The lowest BCUT2D eigenvalue weighted by molar-refractivity contribution is -0.0505. The Morgan fingerprint density at radius 3 is 2.50 bits per heavy atom. The summed E-state index contributed by atoms with van der Waals surface area (Å²) >= 11 is 0. The SMILES string of the molecule is CN=C(NCc1ccccc1Cn1cccn1)NCc1cc2c(cc1OC(F)F)OCO2. The molecule has 0 spiro atoms. The maximum absolute atomic E-state index is 12.8. The smallest absolute Gasteiger partial charge is 0.387 e. The molecule has 0 aliphatic carbocycles. The predicted molar refractivity (Wildman–Crippen MR) is 114 cm³/mol. The minimum absolute atomic E-state index is 0.0248. The fraction of sp³-hybridized carbons (Fsp3) is 0.273. The molecule has 0 unspecified atom stereocenters. The quantitative estimate of drug-likeness (QED) is 0.411. The number of hydrogen-bond acceptors (Lipinski definition) is 5. The van der Waals surface area contributed by atoms with Crippen LogP contribution in [0.1, 0.15) is 16.7 Å². The third kappa shape index (κ3) is 5.26. The maximum atomic E-state index is 12.8.